The van der Waals surface area contributed by atoms with E-state index >= 15 is 0 Å². The van der Waals surface area contributed by atoms with Crippen molar-refractivity contribution in [3.8, 4) is 0 Å². The molecule has 6 nitrogen and oxygen atoms in total. The Bertz CT molecular complexity index is 684. The fraction of sp³-hybridized carbons (Fsp3) is 0.444. The van der Waals surface area contributed by atoms with Gasteiger partial charge in [0.15, 0.2) is 0 Å². The van der Waals surface area contributed by atoms with E-state index in [9.17, 15) is 4.79 Å². The summed E-state index contributed by atoms with van der Waals surface area (Å²) in [6.07, 6.45) is 5.67. The highest BCUT2D eigenvalue weighted by molar-refractivity contribution is 5.88. The maximum Gasteiger partial charge on any atom is 0.319 e. The Labute approximate surface area is 142 Å². The largest absolute Gasteiger partial charge is 0.336 e. The average molecular weight is 327 g/mol. The quantitative estimate of drug-likeness (QED) is 0.887. The number of carbonyl (C=O) groups is 1. The summed E-state index contributed by atoms with van der Waals surface area (Å²) in [7, 11) is 1.82. The molecule has 0 spiro atoms. The minimum absolute atomic E-state index is 0.0118. The molecule has 0 bridgehead atoms. The summed E-state index contributed by atoms with van der Waals surface area (Å²) in [5.41, 5.74) is 2.00. The van der Waals surface area contributed by atoms with E-state index in [2.05, 4.69) is 51.8 Å². The summed E-state index contributed by atoms with van der Waals surface area (Å²) in [5.74, 6) is 0. The monoisotopic (exact) mass is 327 g/mol. The molecule has 6 heteroatoms. The van der Waals surface area contributed by atoms with E-state index in [4.69, 9.17) is 0 Å². The van der Waals surface area contributed by atoms with Gasteiger partial charge >= 0.3 is 6.03 Å². The van der Waals surface area contributed by atoms with Crippen LogP contribution in [0.4, 0.5) is 10.5 Å². The predicted molar refractivity (Wildman–Crippen MR) is 94.7 cm³/mol. The van der Waals surface area contributed by atoms with Crippen molar-refractivity contribution in [2.75, 3.05) is 18.4 Å². The third kappa shape index (κ3) is 3.94. The van der Waals surface area contributed by atoms with Gasteiger partial charge in [-0.3, -0.25) is 9.58 Å². The molecule has 0 unspecified atom stereocenters. The standard InChI is InChI=1S/C18H25N5O/c1-18(14-19-17(24)21-16-11-20-22(2)13-16)9-6-10-23(18)12-15-7-4-3-5-8-15/h3-5,7-8,11,13H,6,9-10,12,14H2,1-2H3,(H2,19,21,24)/t18-/m0/s1. The molecule has 0 saturated carbocycles. The van der Waals surface area contributed by atoms with Crippen LogP contribution in [0.1, 0.15) is 25.3 Å². The summed E-state index contributed by atoms with van der Waals surface area (Å²) in [5, 5.41) is 9.87. The van der Waals surface area contributed by atoms with Crippen molar-refractivity contribution in [3.63, 3.8) is 0 Å². The molecule has 2 heterocycles. The number of likely N-dealkylation sites (tertiary alicyclic amines) is 1. The molecule has 3 rings (SSSR count). The highest BCUT2D eigenvalue weighted by atomic mass is 16.2. The van der Waals surface area contributed by atoms with Gasteiger partial charge in [-0.25, -0.2) is 4.79 Å². The summed E-state index contributed by atoms with van der Waals surface area (Å²) in [6, 6.07) is 10.3. The zero-order valence-corrected chi connectivity index (χ0v) is 14.3. The lowest BCUT2D eigenvalue weighted by atomic mass is 9.98. The number of urea groups is 1. The van der Waals surface area contributed by atoms with Crippen molar-refractivity contribution in [3.05, 3.63) is 48.3 Å². The molecule has 1 saturated heterocycles. The number of anilines is 1. The molecule has 2 aromatic rings. The van der Waals surface area contributed by atoms with Crippen molar-refractivity contribution in [1.29, 1.82) is 0 Å². The van der Waals surface area contributed by atoms with Crippen LogP contribution in [-0.4, -0.2) is 39.3 Å². The van der Waals surface area contributed by atoms with Gasteiger partial charge < -0.3 is 10.6 Å². The molecule has 0 aliphatic carbocycles. The number of hydrogen-bond acceptors (Lipinski definition) is 3. The minimum atomic E-state index is -0.184. The fourth-order valence-corrected chi connectivity index (χ4v) is 3.28. The molecule has 1 aromatic heterocycles. The lowest BCUT2D eigenvalue weighted by molar-refractivity contribution is 0.146. The smallest absolute Gasteiger partial charge is 0.319 e. The van der Waals surface area contributed by atoms with Crippen LogP contribution < -0.4 is 10.6 Å². The average Bonchev–Trinajstić information content (AvgIpc) is 3.13. The molecule has 1 aliphatic rings. The van der Waals surface area contributed by atoms with Gasteiger partial charge in [-0.15, -0.1) is 0 Å². The van der Waals surface area contributed by atoms with Crippen LogP contribution in [0.5, 0.6) is 0 Å². The maximum atomic E-state index is 12.1. The summed E-state index contributed by atoms with van der Waals surface area (Å²) >= 11 is 0. The zero-order chi connectivity index (χ0) is 17.0. The summed E-state index contributed by atoms with van der Waals surface area (Å²) in [6.45, 7) is 4.85. The van der Waals surface area contributed by atoms with E-state index in [0.29, 0.717) is 12.2 Å². The van der Waals surface area contributed by atoms with Gasteiger partial charge in [-0.2, -0.15) is 5.10 Å². The number of carbonyl (C=O) groups excluding carboxylic acids is 1. The molecule has 0 radical (unpaired) electrons. The predicted octanol–water partition coefficient (Wildman–Crippen LogP) is 2.60. The number of amides is 2. The van der Waals surface area contributed by atoms with Crippen molar-refractivity contribution in [2.24, 2.45) is 7.05 Å². The van der Waals surface area contributed by atoms with Crippen LogP contribution >= 0.6 is 0 Å². The van der Waals surface area contributed by atoms with E-state index in [1.54, 1.807) is 17.1 Å². The Morgan fingerprint density at radius 1 is 1.33 bits per heavy atom. The molecule has 1 atom stereocenters. The van der Waals surface area contributed by atoms with E-state index in [-0.39, 0.29) is 11.6 Å². The Hall–Kier alpha value is -2.34. The van der Waals surface area contributed by atoms with E-state index in [1.807, 2.05) is 13.1 Å². The van der Waals surface area contributed by atoms with Crippen LogP contribution in [0.2, 0.25) is 0 Å². The first-order valence-electron chi connectivity index (χ1n) is 8.38. The Morgan fingerprint density at radius 2 is 2.12 bits per heavy atom. The molecule has 24 heavy (non-hydrogen) atoms. The van der Waals surface area contributed by atoms with Crippen LogP contribution in [-0.2, 0) is 13.6 Å². The van der Waals surface area contributed by atoms with Crippen LogP contribution in [0.3, 0.4) is 0 Å². The number of nitrogens with one attached hydrogen (secondary N) is 2. The first-order valence-corrected chi connectivity index (χ1v) is 8.38. The van der Waals surface area contributed by atoms with E-state index < -0.39 is 0 Å². The topological polar surface area (TPSA) is 62.2 Å². The molecule has 2 N–H and O–H groups in total. The second kappa shape index (κ2) is 7.05. The number of aryl methyl sites for hydroxylation is 1. The van der Waals surface area contributed by atoms with Crippen LogP contribution in [0.15, 0.2) is 42.7 Å². The van der Waals surface area contributed by atoms with Crippen molar-refractivity contribution in [1.82, 2.24) is 20.0 Å². The van der Waals surface area contributed by atoms with Gasteiger partial charge in [0.25, 0.3) is 0 Å². The highest BCUT2D eigenvalue weighted by Gasteiger charge is 2.36. The molecule has 1 aromatic carbocycles. The van der Waals surface area contributed by atoms with Gasteiger partial charge in [-0.05, 0) is 31.9 Å². The third-order valence-electron chi connectivity index (χ3n) is 4.72. The first kappa shape index (κ1) is 16.5. The minimum Gasteiger partial charge on any atom is -0.336 e. The SMILES string of the molecule is Cn1cc(NC(=O)NC[C@]2(C)CCCN2Cc2ccccc2)cn1. The van der Waals surface area contributed by atoms with Crippen molar-refractivity contribution in [2.45, 2.75) is 31.8 Å². The van der Waals surface area contributed by atoms with Gasteiger partial charge in [-0.1, -0.05) is 30.3 Å². The number of benzene rings is 1. The normalized spacial score (nSPS) is 20.9. The van der Waals surface area contributed by atoms with E-state index in [1.165, 1.54) is 5.56 Å². The number of nitrogens with zero attached hydrogens (tertiary/aromatic N) is 3. The second-order valence-electron chi connectivity index (χ2n) is 6.72. The second-order valence-corrected chi connectivity index (χ2v) is 6.72. The molecular formula is C18H25N5O. The first-order chi connectivity index (χ1) is 11.5. The molecule has 1 aliphatic heterocycles. The highest BCUT2D eigenvalue weighted by Crippen LogP contribution is 2.30. The third-order valence-corrected chi connectivity index (χ3v) is 4.72. The van der Waals surface area contributed by atoms with E-state index in [0.717, 1.165) is 25.9 Å². The zero-order valence-electron chi connectivity index (χ0n) is 14.3. The van der Waals surface area contributed by atoms with Crippen LogP contribution in [0, 0.1) is 0 Å². The fourth-order valence-electron chi connectivity index (χ4n) is 3.28. The van der Waals surface area contributed by atoms with Gasteiger partial charge in [0.1, 0.15) is 0 Å². The Balaban J connectivity index is 1.55. The van der Waals surface area contributed by atoms with Gasteiger partial charge in [0.05, 0.1) is 11.9 Å². The molecular weight excluding hydrogens is 302 g/mol. The molecule has 2 amide bonds. The molecule has 1 fully saturated rings. The lowest BCUT2D eigenvalue weighted by Crippen LogP contribution is -2.50. The Morgan fingerprint density at radius 3 is 2.83 bits per heavy atom. The number of hydrogen-bond donors (Lipinski definition) is 2. The molecule has 128 valence electrons. The van der Waals surface area contributed by atoms with Crippen molar-refractivity contribution < 1.29 is 4.79 Å². The van der Waals surface area contributed by atoms with Crippen molar-refractivity contribution >= 4 is 11.7 Å². The number of aromatic nitrogens is 2. The Kier molecular flexibility index (Phi) is 4.85. The summed E-state index contributed by atoms with van der Waals surface area (Å²) < 4.78 is 1.66. The number of rotatable bonds is 5. The van der Waals surface area contributed by atoms with Crippen LogP contribution in [0.25, 0.3) is 0 Å². The summed E-state index contributed by atoms with van der Waals surface area (Å²) in [4.78, 5) is 14.6. The van der Waals surface area contributed by atoms with Gasteiger partial charge in [0.2, 0.25) is 0 Å². The maximum absolute atomic E-state index is 12.1. The van der Waals surface area contributed by atoms with Gasteiger partial charge in [0, 0.05) is 31.9 Å². The lowest BCUT2D eigenvalue weighted by Gasteiger charge is -2.35.